The highest BCUT2D eigenvalue weighted by atomic mass is 16.3. The van der Waals surface area contributed by atoms with Crippen molar-refractivity contribution in [1.82, 2.24) is 10.2 Å². The molecule has 0 spiro atoms. The molecule has 3 nitrogen and oxygen atoms in total. The van der Waals surface area contributed by atoms with E-state index in [1.54, 1.807) is 0 Å². The van der Waals surface area contributed by atoms with E-state index in [1.807, 2.05) is 0 Å². The molecule has 0 aromatic carbocycles. The molecule has 2 aliphatic rings. The van der Waals surface area contributed by atoms with Crippen molar-refractivity contribution >= 4 is 0 Å². The third kappa shape index (κ3) is 3.16. The lowest BCUT2D eigenvalue weighted by atomic mass is 10.0. The topological polar surface area (TPSA) is 35.5 Å². The Labute approximate surface area is 92.8 Å². The summed E-state index contributed by atoms with van der Waals surface area (Å²) >= 11 is 0. The van der Waals surface area contributed by atoms with Crippen molar-refractivity contribution in [3.05, 3.63) is 0 Å². The van der Waals surface area contributed by atoms with Gasteiger partial charge in [0.15, 0.2) is 0 Å². The van der Waals surface area contributed by atoms with Gasteiger partial charge >= 0.3 is 0 Å². The number of piperidine rings is 1. The van der Waals surface area contributed by atoms with Crippen LogP contribution in [0.4, 0.5) is 0 Å². The smallest absolute Gasteiger partial charge is 0.0436 e. The fraction of sp³-hybridized carbons (Fsp3) is 1.00. The van der Waals surface area contributed by atoms with Gasteiger partial charge in [-0.15, -0.1) is 0 Å². The van der Waals surface area contributed by atoms with Crippen molar-refractivity contribution in [2.24, 2.45) is 5.41 Å². The summed E-state index contributed by atoms with van der Waals surface area (Å²) in [5.74, 6) is 0. The summed E-state index contributed by atoms with van der Waals surface area (Å²) in [5.41, 5.74) is 0.470. The fourth-order valence-electron chi connectivity index (χ4n) is 2.50. The number of likely N-dealkylation sites (tertiary alicyclic amines) is 1. The zero-order chi connectivity index (χ0) is 10.7. The van der Waals surface area contributed by atoms with Gasteiger partial charge in [-0.05, 0) is 57.7 Å². The molecule has 15 heavy (non-hydrogen) atoms. The zero-order valence-electron chi connectivity index (χ0n) is 9.84. The van der Waals surface area contributed by atoms with Crippen molar-refractivity contribution in [3.8, 4) is 0 Å². The molecule has 1 aliphatic heterocycles. The molecular weight excluding hydrogens is 188 g/mol. The highest BCUT2D eigenvalue weighted by molar-refractivity contribution is 4.95. The molecule has 0 aromatic heterocycles. The van der Waals surface area contributed by atoms with Crippen LogP contribution >= 0.6 is 0 Å². The summed E-state index contributed by atoms with van der Waals surface area (Å²) in [5, 5.41) is 12.7. The fourth-order valence-corrected chi connectivity index (χ4v) is 2.50. The molecule has 0 radical (unpaired) electrons. The van der Waals surface area contributed by atoms with E-state index >= 15 is 0 Å². The van der Waals surface area contributed by atoms with Crippen LogP contribution in [-0.4, -0.2) is 49.3 Å². The van der Waals surface area contributed by atoms with Crippen LogP contribution in [0.3, 0.4) is 0 Å². The molecule has 2 fully saturated rings. The normalized spacial score (nSPS) is 26.8. The Hall–Kier alpha value is -0.120. The summed E-state index contributed by atoms with van der Waals surface area (Å²) in [6.07, 6.45) is 6.18. The number of aliphatic hydroxyl groups excluding tert-OH is 1. The highest BCUT2D eigenvalue weighted by Gasteiger charge is 2.41. The van der Waals surface area contributed by atoms with Crippen LogP contribution in [0.15, 0.2) is 0 Å². The summed E-state index contributed by atoms with van der Waals surface area (Å²) < 4.78 is 0. The van der Waals surface area contributed by atoms with Crippen molar-refractivity contribution < 1.29 is 5.11 Å². The minimum absolute atomic E-state index is 0.356. The number of hydrogen-bond acceptors (Lipinski definition) is 3. The zero-order valence-corrected chi connectivity index (χ0v) is 9.84. The van der Waals surface area contributed by atoms with E-state index in [0.29, 0.717) is 12.0 Å². The Balaban J connectivity index is 1.65. The molecule has 0 unspecified atom stereocenters. The van der Waals surface area contributed by atoms with Gasteiger partial charge < -0.3 is 15.3 Å². The molecule has 0 aromatic rings. The van der Waals surface area contributed by atoms with Crippen LogP contribution in [0.1, 0.15) is 32.1 Å². The van der Waals surface area contributed by atoms with Crippen molar-refractivity contribution in [1.29, 1.82) is 0 Å². The van der Waals surface area contributed by atoms with Gasteiger partial charge in [0.1, 0.15) is 0 Å². The molecule has 0 amide bonds. The number of hydrogen-bond donors (Lipinski definition) is 2. The second-order valence-corrected chi connectivity index (χ2v) is 5.43. The van der Waals surface area contributed by atoms with Crippen LogP contribution in [0.25, 0.3) is 0 Å². The van der Waals surface area contributed by atoms with E-state index < -0.39 is 0 Å². The maximum Gasteiger partial charge on any atom is 0.0436 e. The Morgan fingerprint density at radius 1 is 1.33 bits per heavy atom. The largest absolute Gasteiger partial charge is 0.396 e. The van der Waals surface area contributed by atoms with Gasteiger partial charge in [-0.1, -0.05) is 0 Å². The number of nitrogens with zero attached hydrogens (tertiary/aromatic N) is 1. The van der Waals surface area contributed by atoms with Crippen molar-refractivity contribution in [2.45, 2.75) is 38.1 Å². The minimum atomic E-state index is 0.356. The summed E-state index contributed by atoms with van der Waals surface area (Å²) in [4.78, 5) is 2.40. The van der Waals surface area contributed by atoms with Gasteiger partial charge in [0.2, 0.25) is 0 Å². The number of aliphatic hydroxyl groups is 1. The number of rotatable bonds is 5. The average molecular weight is 212 g/mol. The summed E-state index contributed by atoms with van der Waals surface area (Å²) in [7, 11) is 2.20. The van der Waals surface area contributed by atoms with Crippen LogP contribution < -0.4 is 5.32 Å². The Kier molecular flexibility index (Phi) is 3.65. The maximum absolute atomic E-state index is 8.98. The van der Waals surface area contributed by atoms with Crippen LogP contribution in [-0.2, 0) is 0 Å². The quantitative estimate of drug-likeness (QED) is 0.708. The van der Waals surface area contributed by atoms with E-state index in [4.69, 9.17) is 5.11 Å². The highest BCUT2D eigenvalue weighted by Crippen LogP contribution is 2.48. The monoisotopic (exact) mass is 212 g/mol. The first-order valence-corrected chi connectivity index (χ1v) is 6.27. The van der Waals surface area contributed by atoms with Crippen molar-refractivity contribution in [2.75, 3.05) is 33.3 Å². The molecule has 3 heteroatoms. The third-order valence-electron chi connectivity index (χ3n) is 4.08. The maximum atomic E-state index is 8.98. The van der Waals surface area contributed by atoms with Gasteiger partial charge in [0, 0.05) is 19.2 Å². The van der Waals surface area contributed by atoms with Crippen LogP contribution in [0.5, 0.6) is 0 Å². The molecule has 1 heterocycles. The third-order valence-corrected chi connectivity index (χ3v) is 4.08. The SMILES string of the molecule is CN1CCC(NCC2(CCO)CC2)CC1. The number of nitrogens with one attached hydrogen (secondary N) is 1. The molecule has 1 saturated carbocycles. The summed E-state index contributed by atoms with van der Waals surface area (Å²) in [6.45, 7) is 3.94. The standard InChI is InChI=1S/C12H24N2O/c1-14-7-2-11(3-8-14)13-10-12(4-5-12)6-9-15/h11,13,15H,2-10H2,1H3. The van der Waals surface area contributed by atoms with E-state index in [1.165, 1.54) is 38.8 Å². The van der Waals surface area contributed by atoms with Gasteiger partial charge in [0.05, 0.1) is 0 Å². The first-order chi connectivity index (χ1) is 7.24. The molecular formula is C12H24N2O. The van der Waals surface area contributed by atoms with Crippen molar-refractivity contribution in [3.63, 3.8) is 0 Å². The predicted molar refractivity (Wildman–Crippen MR) is 61.9 cm³/mol. The van der Waals surface area contributed by atoms with Gasteiger partial charge in [-0.25, -0.2) is 0 Å². The first-order valence-electron chi connectivity index (χ1n) is 6.27. The van der Waals surface area contributed by atoms with E-state index in [9.17, 15) is 0 Å². The Morgan fingerprint density at radius 3 is 2.53 bits per heavy atom. The van der Waals surface area contributed by atoms with Crippen LogP contribution in [0, 0.1) is 5.41 Å². The van der Waals surface area contributed by atoms with Crippen LogP contribution in [0.2, 0.25) is 0 Å². The molecule has 1 aliphatic carbocycles. The van der Waals surface area contributed by atoms with Gasteiger partial charge in [-0.3, -0.25) is 0 Å². The molecule has 0 bridgehead atoms. The molecule has 2 rings (SSSR count). The predicted octanol–water partition coefficient (Wildman–Crippen LogP) is 0.833. The lowest BCUT2D eigenvalue weighted by molar-refractivity contribution is 0.212. The summed E-state index contributed by atoms with van der Waals surface area (Å²) in [6, 6.07) is 0.720. The minimum Gasteiger partial charge on any atom is -0.396 e. The Bertz CT molecular complexity index is 196. The van der Waals surface area contributed by atoms with E-state index in [2.05, 4.69) is 17.3 Å². The lowest BCUT2D eigenvalue weighted by Gasteiger charge is -2.30. The molecule has 0 atom stereocenters. The lowest BCUT2D eigenvalue weighted by Crippen LogP contribution is -2.42. The molecule has 2 N–H and O–H groups in total. The van der Waals surface area contributed by atoms with Gasteiger partial charge in [-0.2, -0.15) is 0 Å². The van der Waals surface area contributed by atoms with E-state index in [-0.39, 0.29) is 0 Å². The molecule has 1 saturated heterocycles. The molecule has 88 valence electrons. The second kappa shape index (κ2) is 4.81. The van der Waals surface area contributed by atoms with Gasteiger partial charge in [0.25, 0.3) is 0 Å². The average Bonchev–Trinajstić information content (AvgIpc) is 2.99. The van der Waals surface area contributed by atoms with E-state index in [0.717, 1.165) is 19.0 Å². The second-order valence-electron chi connectivity index (χ2n) is 5.43. The first kappa shape index (κ1) is 11.4. The Morgan fingerprint density at radius 2 is 2.00 bits per heavy atom.